The van der Waals surface area contributed by atoms with Gasteiger partial charge >= 0.3 is 5.97 Å². The Morgan fingerprint density at radius 1 is 1.16 bits per heavy atom. The zero-order chi connectivity index (χ0) is 13.8. The molecule has 19 heavy (non-hydrogen) atoms. The van der Waals surface area contributed by atoms with Gasteiger partial charge in [0.05, 0.1) is 12.2 Å². The van der Waals surface area contributed by atoms with Gasteiger partial charge in [-0.2, -0.15) is 0 Å². The highest BCUT2D eigenvalue weighted by Gasteiger charge is 2.15. The van der Waals surface area contributed by atoms with Crippen molar-refractivity contribution in [2.24, 2.45) is 0 Å². The second kappa shape index (κ2) is 5.57. The van der Waals surface area contributed by atoms with Gasteiger partial charge in [-0.3, -0.25) is 0 Å². The van der Waals surface area contributed by atoms with E-state index in [0.717, 1.165) is 16.7 Å². The largest absolute Gasteiger partial charge is 0.462 e. The van der Waals surface area contributed by atoms with Crippen LogP contribution in [0.1, 0.15) is 22.8 Å². The average Bonchev–Trinajstić information content (AvgIpc) is 2.39. The minimum absolute atomic E-state index is 0.319. The second-order valence-electron chi connectivity index (χ2n) is 4.34. The molecular weight excluding hydrogens is 238 g/mol. The predicted octanol–water partition coefficient (Wildman–Crippen LogP) is 3.42. The highest BCUT2D eigenvalue weighted by molar-refractivity contribution is 5.98. The van der Waals surface area contributed by atoms with E-state index in [1.807, 2.05) is 37.3 Å². The lowest BCUT2D eigenvalue weighted by molar-refractivity contribution is 0.0527. The monoisotopic (exact) mass is 255 g/mol. The molecule has 98 valence electrons. The molecule has 3 nitrogen and oxygen atoms in total. The van der Waals surface area contributed by atoms with E-state index >= 15 is 0 Å². The lowest BCUT2D eigenvalue weighted by Crippen LogP contribution is -2.07. The van der Waals surface area contributed by atoms with Crippen LogP contribution in [0.25, 0.3) is 11.1 Å². The van der Waals surface area contributed by atoms with Crippen molar-refractivity contribution >= 4 is 11.7 Å². The molecule has 2 N–H and O–H groups in total. The van der Waals surface area contributed by atoms with Crippen LogP contribution in [-0.4, -0.2) is 12.6 Å². The Kier molecular flexibility index (Phi) is 3.85. The number of rotatable bonds is 3. The summed E-state index contributed by atoms with van der Waals surface area (Å²) in [6.45, 7) is 4.16. The van der Waals surface area contributed by atoms with Crippen molar-refractivity contribution in [2.45, 2.75) is 13.8 Å². The summed E-state index contributed by atoms with van der Waals surface area (Å²) in [5.74, 6) is -0.319. The molecule has 0 bridgehead atoms. The number of hydrogen-bond acceptors (Lipinski definition) is 3. The fourth-order valence-corrected chi connectivity index (χ4v) is 2.05. The number of ether oxygens (including phenoxy) is 1. The summed E-state index contributed by atoms with van der Waals surface area (Å²) in [5, 5.41) is 0. The van der Waals surface area contributed by atoms with E-state index in [9.17, 15) is 4.79 Å². The van der Waals surface area contributed by atoms with Crippen molar-refractivity contribution in [3.8, 4) is 11.1 Å². The number of anilines is 1. The molecule has 2 aromatic rings. The molecule has 0 heterocycles. The van der Waals surface area contributed by atoms with Gasteiger partial charge in [-0.05, 0) is 48.7 Å². The Labute approximate surface area is 113 Å². The molecule has 0 fully saturated rings. The van der Waals surface area contributed by atoms with Crippen LogP contribution < -0.4 is 5.73 Å². The lowest BCUT2D eigenvalue weighted by atomic mass is 9.95. The fourth-order valence-electron chi connectivity index (χ4n) is 2.05. The Balaban J connectivity index is 2.58. The van der Waals surface area contributed by atoms with Crippen molar-refractivity contribution in [1.29, 1.82) is 0 Å². The molecule has 2 rings (SSSR count). The highest BCUT2D eigenvalue weighted by Crippen LogP contribution is 2.29. The maximum Gasteiger partial charge on any atom is 0.338 e. The van der Waals surface area contributed by atoms with E-state index in [1.54, 1.807) is 19.1 Å². The summed E-state index contributed by atoms with van der Waals surface area (Å²) in [6, 6.07) is 13.1. The molecular formula is C16H17NO2. The Morgan fingerprint density at radius 3 is 2.58 bits per heavy atom. The number of hydrogen-bond donors (Lipinski definition) is 1. The maximum atomic E-state index is 12.0. The first-order chi connectivity index (χ1) is 9.13. The third-order valence-corrected chi connectivity index (χ3v) is 2.97. The van der Waals surface area contributed by atoms with Crippen LogP contribution in [-0.2, 0) is 4.74 Å². The van der Waals surface area contributed by atoms with Crippen LogP contribution in [0.5, 0.6) is 0 Å². The van der Waals surface area contributed by atoms with E-state index in [2.05, 4.69) is 0 Å². The van der Waals surface area contributed by atoms with Crippen LogP contribution in [0.3, 0.4) is 0 Å². The van der Waals surface area contributed by atoms with E-state index < -0.39 is 0 Å². The first-order valence-corrected chi connectivity index (χ1v) is 6.26. The van der Waals surface area contributed by atoms with Gasteiger partial charge in [0.1, 0.15) is 0 Å². The van der Waals surface area contributed by atoms with E-state index in [1.165, 1.54) is 0 Å². The third-order valence-electron chi connectivity index (χ3n) is 2.97. The number of carbonyl (C=O) groups excluding carboxylic acids is 1. The van der Waals surface area contributed by atoms with Crippen LogP contribution in [0.2, 0.25) is 0 Å². The zero-order valence-electron chi connectivity index (χ0n) is 11.1. The number of nitrogen functional groups attached to an aromatic ring is 1. The molecule has 0 saturated carbocycles. The first kappa shape index (κ1) is 13.1. The SMILES string of the molecule is CCOC(=O)c1ccc(N)cc1-c1ccccc1C. The van der Waals surface area contributed by atoms with Crippen LogP contribution in [0.4, 0.5) is 5.69 Å². The maximum absolute atomic E-state index is 12.0. The second-order valence-corrected chi connectivity index (χ2v) is 4.34. The number of carbonyl (C=O) groups is 1. The molecule has 2 aromatic carbocycles. The fraction of sp³-hybridized carbons (Fsp3) is 0.188. The van der Waals surface area contributed by atoms with Gasteiger partial charge in [-0.1, -0.05) is 24.3 Å². The van der Waals surface area contributed by atoms with Gasteiger partial charge in [0, 0.05) is 5.69 Å². The van der Waals surface area contributed by atoms with Crippen molar-refractivity contribution in [3.63, 3.8) is 0 Å². The van der Waals surface area contributed by atoms with Crippen molar-refractivity contribution in [1.82, 2.24) is 0 Å². The number of benzene rings is 2. The molecule has 0 saturated heterocycles. The number of aryl methyl sites for hydroxylation is 1. The summed E-state index contributed by atoms with van der Waals surface area (Å²) in [6.07, 6.45) is 0. The molecule has 0 amide bonds. The predicted molar refractivity (Wildman–Crippen MR) is 77.0 cm³/mol. The third kappa shape index (κ3) is 2.76. The molecule has 0 spiro atoms. The molecule has 0 atom stereocenters. The summed E-state index contributed by atoms with van der Waals surface area (Å²) in [5.41, 5.74) is 9.92. The van der Waals surface area contributed by atoms with Crippen molar-refractivity contribution in [2.75, 3.05) is 12.3 Å². The van der Waals surface area contributed by atoms with Gasteiger partial charge in [0.2, 0.25) is 0 Å². The van der Waals surface area contributed by atoms with Crippen LogP contribution >= 0.6 is 0 Å². The Hall–Kier alpha value is -2.29. The minimum Gasteiger partial charge on any atom is -0.462 e. The smallest absolute Gasteiger partial charge is 0.338 e. The topological polar surface area (TPSA) is 52.3 Å². The number of esters is 1. The van der Waals surface area contributed by atoms with Gasteiger partial charge < -0.3 is 10.5 Å². The normalized spacial score (nSPS) is 10.2. The van der Waals surface area contributed by atoms with E-state index in [-0.39, 0.29) is 5.97 Å². The summed E-state index contributed by atoms with van der Waals surface area (Å²) >= 11 is 0. The van der Waals surface area contributed by atoms with E-state index in [4.69, 9.17) is 10.5 Å². The summed E-state index contributed by atoms with van der Waals surface area (Å²) < 4.78 is 5.09. The highest BCUT2D eigenvalue weighted by atomic mass is 16.5. The van der Waals surface area contributed by atoms with Crippen molar-refractivity contribution < 1.29 is 9.53 Å². The van der Waals surface area contributed by atoms with Gasteiger partial charge in [-0.15, -0.1) is 0 Å². The van der Waals surface area contributed by atoms with Crippen LogP contribution in [0.15, 0.2) is 42.5 Å². The molecule has 0 aliphatic heterocycles. The average molecular weight is 255 g/mol. The molecule has 0 aromatic heterocycles. The first-order valence-electron chi connectivity index (χ1n) is 6.26. The lowest BCUT2D eigenvalue weighted by Gasteiger charge is -2.12. The number of nitrogens with two attached hydrogens (primary N) is 1. The molecule has 0 radical (unpaired) electrons. The standard InChI is InChI=1S/C16H17NO2/c1-3-19-16(18)14-9-8-12(17)10-15(14)13-7-5-4-6-11(13)2/h4-10H,3,17H2,1-2H3. The zero-order valence-corrected chi connectivity index (χ0v) is 11.1. The van der Waals surface area contributed by atoms with Gasteiger partial charge in [-0.25, -0.2) is 4.79 Å². The van der Waals surface area contributed by atoms with Crippen LogP contribution in [0, 0.1) is 6.92 Å². The van der Waals surface area contributed by atoms with Gasteiger partial charge in [0.25, 0.3) is 0 Å². The molecule has 0 unspecified atom stereocenters. The Bertz CT molecular complexity index is 605. The quantitative estimate of drug-likeness (QED) is 0.675. The molecule has 3 heteroatoms. The molecule has 0 aliphatic carbocycles. The minimum atomic E-state index is -0.319. The van der Waals surface area contributed by atoms with Crippen molar-refractivity contribution in [3.05, 3.63) is 53.6 Å². The van der Waals surface area contributed by atoms with E-state index in [0.29, 0.717) is 17.9 Å². The summed E-state index contributed by atoms with van der Waals surface area (Å²) in [4.78, 5) is 12.0. The Morgan fingerprint density at radius 2 is 1.89 bits per heavy atom. The van der Waals surface area contributed by atoms with Gasteiger partial charge in [0.15, 0.2) is 0 Å². The summed E-state index contributed by atoms with van der Waals surface area (Å²) in [7, 11) is 0. The molecule has 0 aliphatic rings.